The average molecular weight is 183 g/mol. The zero-order valence-corrected chi connectivity index (χ0v) is 7.71. The summed E-state index contributed by atoms with van der Waals surface area (Å²) in [7, 11) is 0. The molecule has 0 aliphatic heterocycles. The van der Waals surface area contributed by atoms with Crippen molar-refractivity contribution in [3.8, 4) is 0 Å². The minimum absolute atomic E-state index is 0.0792. The first kappa shape index (κ1) is 9.85. The Morgan fingerprint density at radius 3 is 2.85 bits per heavy atom. The second-order valence-electron chi connectivity index (χ2n) is 3.20. The lowest BCUT2D eigenvalue weighted by molar-refractivity contribution is 0.162. The van der Waals surface area contributed by atoms with E-state index in [1.165, 1.54) is 6.20 Å². The zero-order chi connectivity index (χ0) is 9.84. The van der Waals surface area contributed by atoms with E-state index in [1.807, 2.05) is 6.92 Å². The highest BCUT2D eigenvalue weighted by Crippen LogP contribution is 2.16. The third-order valence-corrected chi connectivity index (χ3v) is 1.83. The first-order chi connectivity index (χ1) is 6.13. The van der Waals surface area contributed by atoms with Crippen LogP contribution in [0.5, 0.6) is 0 Å². The summed E-state index contributed by atoms with van der Waals surface area (Å²) in [5.41, 5.74) is 0.317. The second kappa shape index (κ2) is 4.13. The van der Waals surface area contributed by atoms with Crippen LogP contribution in [0, 0.1) is 4.91 Å². The third-order valence-electron chi connectivity index (χ3n) is 1.83. The molecule has 1 aromatic heterocycles. The molecular formula is C8H13N3O2. The fourth-order valence-electron chi connectivity index (χ4n) is 1.22. The van der Waals surface area contributed by atoms with E-state index in [2.05, 4.69) is 10.3 Å². The van der Waals surface area contributed by atoms with Crippen LogP contribution in [-0.4, -0.2) is 21.0 Å². The molecule has 2 unspecified atom stereocenters. The Balaban J connectivity index is 2.65. The van der Waals surface area contributed by atoms with Crippen LogP contribution in [0.2, 0.25) is 0 Å². The van der Waals surface area contributed by atoms with Crippen molar-refractivity contribution in [2.24, 2.45) is 5.18 Å². The van der Waals surface area contributed by atoms with Crippen LogP contribution >= 0.6 is 0 Å². The van der Waals surface area contributed by atoms with Gasteiger partial charge in [0.15, 0.2) is 0 Å². The van der Waals surface area contributed by atoms with Gasteiger partial charge in [-0.05, 0) is 25.4 Å². The fourth-order valence-corrected chi connectivity index (χ4v) is 1.22. The number of nitrogens with zero attached hydrogens (tertiary/aromatic N) is 3. The maximum atomic E-state index is 10.1. The summed E-state index contributed by atoms with van der Waals surface area (Å²) in [6, 6.07) is 0.0792. The Morgan fingerprint density at radius 1 is 1.69 bits per heavy atom. The lowest BCUT2D eigenvalue weighted by Crippen LogP contribution is -2.12. The molecule has 0 saturated carbocycles. The topological polar surface area (TPSA) is 67.5 Å². The van der Waals surface area contributed by atoms with Crippen molar-refractivity contribution in [1.82, 2.24) is 9.78 Å². The molecule has 1 N–H and O–H groups in total. The van der Waals surface area contributed by atoms with Gasteiger partial charge in [-0.2, -0.15) is 5.10 Å². The van der Waals surface area contributed by atoms with Crippen LogP contribution in [0.25, 0.3) is 0 Å². The smallest absolute Gasteiger partial charge is 0.145 e. The minimum Gasteiger partial charge on any atom is -0.393 e. The van der Waals surface area contributed by atoms with Crippen molar-refractivity contribution < 1.29 is 5.11 Å². The predicted octanol–water partition coefficient (Wildman–Crippen LogP) is 1.61. The number of aliphatic hydroxyl groups excluding tert-OH is 1. The lowest BCUT2D eigenvalue weighted by atomic mass is 10.2. The van der Waals surface area contributed by atoms with Crippen molar-refractivity contribution in [2.75, 3.05) is 0 Å². The SMILES string of the molecule is CC(O)CC(C)n1cc(N=O)cn1. The number of hydrogen-bond acceptors (Lipinski definition) is 4. The average Bonchev–Trinajstić information content (AvgIpc) is 2.50. The second-order valence-corrected chi connectivity index (χ2v) is 3.20. The van der Waals surface area contributed by atoms with Crippen molar-refractivity contribution in [3.63, 3.8) is 0 Å². The molecule has 1 heterocycles. The molecule has 0 amide bonds. The normalized spacial score (nSPS) is 15.3. The largest absolute Gasteiger partial charge is 0.393 e. The van der Waals surface area contributed by atoms with Gasteiger partial charge < -0.3 is 5.11 Å². The molecule has 72 valence electrons. The number of aliphatic hydroxyl groups is 1. The molecule has 0 bridgehead atoms. The molecule has 1 rings (SSSR count). The Hall–Kier alpha value is -1.23. The monoisotopic (exact) mass is 183 g/mol. The fraction of sp³-hybridized carbons (Fsp3) is 0.625. The molecule has 0 saturated heterocycles. The van der Waals surface area contributed by atoms with E-state index in [0.29, 0.717) is 12.1 Å². The van der Waals surface area contributed by atoms with Gasteiger partial charge in [-0.3, -0.25) is 4.68 Å². The highest BCUT2D eigenvalue weighted by Gasteiger charge is 2.09. The van der Waals surface area contributed by atoms with Gasteiger partial charge in [0.1, 0.15) is 5.69 Å². The molecule has 5 heteroatoms. The number of hydrogen-bond donors (Lipinski definition) is 1. The van der Waals surface area contributed by atoms with E-state index in [1.54, 1.807) is 17.8 Å². The Morgan fingerprint density at radius 2 is 2.38 bits per heavy atom. The first-order valence-electron chi connectivity index (χ1n) is 4.19. The van der Waals surface area contributed by atoms with Gasteiger partial charge in [-0.25, -0.2) is 0 Å². The summed E-state index contributed by atoms with van der Waals surface area (Å²) >= 11 is 0. The maximum absolute atomic E-state index is 10.1. The van der Waals surface area contributed by atoms with Gasteiger partial charge in [0.05, 0.1) is 24.5 Å². The van der Waals surface area contributed by atoms with E-state index in [0.717, 1.165) is 0 Å². The van der Waals surface area contributed by atoms with Gasteiger partial charge in [-0.1, -0.05) is 0 Å². The number of rotatable bonds is 4. The Kier molecular flexibility index (Phi) is 3.13. The Bertz CT molecular complexity index is 283. The Labute approximate surface area is 76.4 Å². The van der Waals surface area contributed by atoms with E-state index in [9.17, 15) is 4.91 Å². The molecule has 2 atom stereocenters. The van der Waals surface area contributed by atoms with Crippen LogP contribution in [0.3, 0.4) is 0 Å². The lowest BCUT2D eigenvalue weighted by Gasteiger charge is -2.13. The summed E-state index contributed by atoms with van der Waals surface area (Å²) in [4.78, 5) is 10.1. The minimum atomic E-state index is -0.369. The quantitative estimate of drug-likeness (QED) is 0.721. The standard InChI is InChI=1S/C8H13N3O2/c1-6(3-7(2)12)11-5-8(10-13)4-9-11/h4-7,12H,3H2,1-2H3. The van der Waals surface area contributed by atoms with E-state index >= 15 is 0 Å². The summed E-state index contributed by atoms with van der Waals surface area (Å²) in [5, 5.41) is 15.8. The van der Waals surface area contributed by atoms with Crippen LogP contribution in [0.15, 0.2) is 17.6 Å². The molecular weight excluding hydrogens is 170 g/mol. The van der Waals surface area contributed by atoms with Gasteiger partial charge >= 0.3 is 0 Å². The van der Waals surface area contributed by atoms with Crippen molar-refractivity contribution in [3.05, 3.63) is 17.3 Å². The van der Waals surface area contributed by atoms with Gasteiger partial charge in [0.2, 0.25) is 0 Å². The van der Waals surface area contributed by atoms with Crippen LogP contribution in [0.4, 0.5) is 5.69 Å². The number of nitroso groups, excluding NO2 is 1. The summed E-state index contributed by atoms with van der Waals surface area (Å²) in [5.74, 6) is 0. The summed E-state index contributed by atoms with van der Waals surface area (Å²) < 4.78 is 1.63. The molecule has 13 heavy (non-hydrogen) atoms. The van der Waals surface area contributed by atoms with E-state index < -0.39 is 0 Å². The predicted molar refractivity (Wildman–Crippen MR) is 48.7 cm³/mol. The third kappa shape index (κ3) is 2.62. The van der Waals surface area contributed by atoms with E-state index in [-0.39, 0.29) is 12.1 Å². The zero-order valence-electron chi connectivity index (χ0n) is 7.71. The molecule has 0 aromatic carbocycles. The van der Waals surface area contributed by atoms with Gasteiger partial charge in [0.25, 0.3) is 0 Å². The van der Waals surface area contributed by atoms with Crippen LogP contribution < -0.4 is 0 Å². The molecule has 1 aromatic rings. The molecule has 5 nitrogen and oxygen atoms in total. The van der Waals surface area contributed by atoms with Crippen LogP contribution in [0.1, 0.15) is 26.3 Å². The van der Waals surface area contributed by atoms with Crippen molar-refractivity contribution >= 4 is 5.69 Å². The van der Waals surface area contributed by atoms with Crippen molar-refractivity contribution in [2.45, 2.75) is 32.4 Å². The molecule has 0 radical (unpaired) electrons. The highest BCUT2D eigenvalue weighted by atomic mass is 16.3. The highest BCUT2D eigenvalue weighted by molar-refractivity contribution is 5.29. The first-order valence-corrected chi connectivity index (χ1v) is 4.19. The maximum Gasteiger partial charge on any atom is 0.145 e. The number of aromatic nitrogens is 2. The molecule has 0 spiro atoms. The molecule has 0 aliphatic carbocycles. The van der Waals surface area contributed by atoms with Gasteiger partial charge in [-0.15, -0.1) is 4.91 Å². The van der Waals surface area contributed by atoms with Crippen LogP contribution in [-0.2, 0) is 0 Å². The summed E-state index contributed by atoms with van der Waals surface area (Å²) in [6.45, 7) is 3.65. The van der Waals surface area contributed by atoms with Crippen molar-refractivity contribution in [1.29, 1.82) is 0 Å². The summed E-state index contributed by atoms with van der Waals surface area (Å²) in [6.07, 6.45) is 3.22. The molecule has 0 fully saturated rings. The van der Waals surface area contributed by atoms with E-state index in [4.69, 9.17) is 5.11 Å². The van der Waals surface area contributed by atoms with Gasteiger partial charge in [0, 0.05) is 0 Å². The molecule has 0 aliphatic rings.